The minimum absolute atomic E-state index is 0. The molecule has 2 aliphatic rings. The highest BCUT2D eigenvalue weighted by Crippen LogP contribution is 2.24. The lowest BCUT2D eigenvalue weighted by Gasteiger charge is -2.11. The third-order valence-corrected chi connectivity index (χ3v) is 4.79. The number of benzene rings is 1. The lowest BCUT2D eigenvalue weighted by atomic mass is 10.1. The van der Waals surface area contributed by atoms with Gasteiger partial charge in [-0.2, -0.15) is 0 Å². The van der Waals surface area contributed by atoms with Crippen molar-refractivity contribution in [3.63, 3.8) is 0 Å². The number of rotatable bonds is 8. The standard InChI is InChI=1S/C19H27N3O3.ClH/c20-15-4-3-14(11-15)19(24)21-10-9-13-1-7-17(8-2-13)25-12-18(23)22-16-5-6-16;/h1-2,7-8,14-16H,3-6,9-12,20H2,(H,21,24)(H,22,23);1H. The molecule has 7 heteroatoms. The molecule has 0 bridgehead atoms. The monoisotopic (exact) mass is 381 g/mol. The molecule has 0 aromatic heterocycles. The Bertz CT molecular complexity index is 605. The molecule has 3 rings (SSSR count). The molecule has 2 fully saturated rings. The van der Waals surface area contributed by atoms with E-state index in [0.717, 1.165) is 44.1 Å². The van der Waals surface area contributed by atoms with Gasteiger partial charge >= 0.3 is 0 Å². The fourth-order valence-electron chi connectivity index (χ4n) is 3.13. The van der Waals surface area contributed by atoms with Gasteiger partial charge in [-0.05, 0) is 56.2 Å². The minimum atomic E-state index is -0.0686. The van der Waals surface area contributed by atoms with E-state index in [1.54, 1.807) is 0 Å². The number of hydrogen-bond acceptors (Lipinski definition) is 4. The summed E-state index contributed by atoms with van der Waals surface area (Å²) in [5.41, 5.74) is 6.97. The summed E-state index contributed by atoms with van der Waals surface area (Å²) in [5, 5.41) is 5.88. The molecule has 2 atom stereocenters. The first-order valence-electron chi connectivity index (χ1n) is 9.14. The molecule has 144 valence electrons. The van der Waals surface area contributed by atoms with Crippen molar-refractivity contribution in [2.45, 2.75) is 50.6 Å². The second-order valence-electron chi connectivity index (χ2n) is 7.09. The lowest BCUT2D eigenvalue weighted by Crippen LogP contribution is -2.31. The van der Waals surface area contributed by atoms with Gasteiger partial charge in [0.1, 0.15) is 5.75 Å². The molecule has 4 N–H and O–H groups in total. The first-order chi connectivity index (χ1) is 12.1. The zero-order valence-corrected chi connectivity index (χ0v) is 15.7. The van der Waals surface area contributed by atoms with Crippen molar-refractivity contribution >= 4 is 24.2 Å². The van der Waals surface area contributed by atoms with E-state index >= 15 is 0 Å². The number of amides is 2. The van der Waals surface area contributed by atoms with Gasteiger partial charge in [-0.15, -0.1) is 12.4 Å². The van der Waals surface area contributed by atoms with Crippen molar-refractivity contribution in [2.24, 2.45) is 11.7 Å². The summed E-state index contributed by atoms with van der Waals surface area (Å²) >= 11 is 0. The third kappa shape index (κ3) is 6.50. The molecule has 0 radical (unpaired) electrons. The molecule has 2 amide bonds. The SMILES string of the molecule is Cl.NC1CCC(C(=O)NCCc2ccc(OCC(=O)NC3CC3)cc2)C1. The molecule has 2 saturated carbocycles. The Labute approximate surface area is 160 Å². The maximum atomic E-state index is 12.0. The van der Waals surface area contributed by atoms with E-state index in [1.807, 2.05) is 24.3 Å². The predicted molar refractivity (Wildman–Crippen MR) is 102 cm³/mol. The molecule has 26 heavy (non-hydrogen) atoms. The highest BCUT2D eigenvalue weighted by Gasteiger charge is 2.27. The number of nitrogens with one attached hydrogen (secondary N) is 2. The summed E-state index contributed by atoms with van der Waals surface area (Å²) < 4.78 is 5.48. The largest absolute Gasteiger partial charge is 0.484 e. The molecule has 6 nitrogen and oxygen atoms in total. The Morgan fingerprint density at radius 1 is 1.12 bits per heavy atom. The molecule has 0 aliphatic heterocycles. The van der Waals surface area contributed by atoms with Crippen LogP contribution in [0.3, 0.4) is 0 Å². The molecule has 0 spiro atoms. The molecular formula is C19H28ClN3O3. The third-order valence-electron chi connectivity index (χ3n) is 4.79. The molecule has 2 aliphatic carbocycles. The average Bonchev–Trinajstić information content (AvgIpc) is 3.31. The topological polar surface area (TPSA) is 93.5 Å². The van der Waals surface area contributed by atoms with E-state index < -0.39 is 0 Å². The number of carbonyl (C=O) groups is 2. The van der Waals surface area contributed by atoms with Crippen molar-refractivity contribution in [1.82, 2.24) is 10.6 Å². The highest BCUT2D eigenvalue weighted by molar-refractivity contribution is 5.85. The van der Waals surface area contributed by atoms with E-state index in [2.05, 4.69) is 10.6 Å². The van der Waals surface area contributed by atoms with Crippen LogP contribution < -0.4 is 21.1 Å². The number of ether oxygens (including phenoxy) is 1. The van der Waals surface area contributed by atoms with Crippen LogP contribution in [0.25, 0.3) is 0 Å². The number of halogens is 1. The molecule has 0 saturated heterocycles. The maximum absolute atomic E-state index is 12.0. The van der Waals surface area contributed by atoms with Gasteiger partial charge in [0, 0.05) is 24.5 Å². The van der Waals surface area contributed by atoms with Crippen molar-refractivity contribution in [2.75, 3.05) is 13.2 Å². The maximum Gasteiger partial charge on any atom is 0.258 e. The summed E-state index contributed by atoms with van der Waals surface area (Å²) in [4.78, 5) is 23.6. The Morgan fingerprint density at radius 2 is 1.85 bits per heavy atom. The summed E-state index contributed by atoms with van der Waals surface area (Å²) in [5.74, 6) is 0.807. The Balaban J connectivity index is 0.00000243. The van der Waals surface area contributed by atoms with Crippen LogP contribution in [-0.4, -0.2) is 37.0 Å². The van der Waals surface area contributed by atoms with Crippen molar-refractivity contribution in [3.05, 3.63) is 29.8 Å². The zero-order valence-electron chi connectivity index (χ0n) is 14.9. The van der Waals surface area contributed by atoms with Gasteiger partial charge in [0.15, 0.2) is 6.61 Å². The van der Waals surface area contributed by atoms with E-state index in [4.69, 9.17) is 10.5 Å². The van der Waals surface area contributed by atoms with Crippen LogP contribution in [0, 0.1) is 5.92 Å². The summed E-state index contributed by atoms with van der Waals surface area (Å²) in [6.07, 6.45) is 5.56. The molecule has 2 unspecified atom stereocenters. The van der Waals surface area contributed by atoms with Crippen LogP contribution in [-0.2, 0) is 16.0 Å². The van der Waals surface area contributed by atoms with Crippen LogP contribution in [0.5, 0.6) is 5.75 Å². The number of nitrogens with two attached hydrogens (primary N) is 1. The first kappa shape index (κ1) is 20.5. The van der Waals surface area contributed by atoms with Gasteiger partial charge < -0.3 is 21.1 Å². The van der Waals surface area contributed by atoms with Gasteiger partial charge in [-0.25, -0.2) is 0 Å². The van der Waals surface area contributed by atoms with Crippen LogP contribution in [0.4, 0.5) is 0 Å². The number of hydrogen-bond donors (Lipinski definition) is 3. The highest BCUT2D eigenvalue weighted by atomic mass is 35.5. The van der Waals surface area contributed by atoms with Gasteiger partial charge in [0.2, 0.25) is 5.91 Å². The van der Waals surface area contributed by atoms with Crippen molar-refractivity contribution < 1.29 is 14.3 Å². The quantitative estimate of drug-likeness (QED) is 0.637. The zero-order chi connectivity index (χ0) is 17.6. The van der Waals surface area contributed by atoms with E-state index in [0.29, 0.717) is 18.3 Å². The van der Waals surface area contributed by atoms with Crippen molar-refractivity contribution in [1.29, 1.82) is 0 Å². The van der Waals surface area contributed by atoms with Crippen molar-refractivity contribution in [3.8, 4) is 5.75 Å². The summed E-state index contributed by atoms with van der Waals surface area (Å²) in [7, 11) is 0. The Morgan fingerprint density at radius 3 is 2.46 bits per heavy atom. The molecule has 0 heterocycles. The van der Waals surface area contributed by atoms with Gasteiger partial charge in [0.25, 0.3) is 5.91 Å². The Hall–Kier alpha value is -1.79. The normalized spacial score (nSPS) is 21.6. The van der Waals surface area contributed by atoms with Crippen LogP contribution in [0.15, 0.2) is 24.3 Å². The minimum Gasteiger partial charge on any atom is -0.484 e. The fraction of sp³-hybridized carbons (Fsp3) is 0.579. The number of carbonyl (C=O) groups excluding carboxylic acids is 2. The van der Waals surface area contributed by atoms with Gasteiger partial charge in [-0.3, -0.25) is 9.59 Å². The summed E-state index contributed by atoms with van der Waals surface area (Å²) in [6.45, 7) is 0.671. The fourth-order valence-corrected chi connectivity index (χ4v) is 3.13. The summed E-state index contributed by atoms with van der Waals surface area (Å²) in [6, 6.07) is 8.18. The van der Waals surface area contributed by atoms with E-state index in [9.17, 15) is 9.59 Å². The smallest absolute Gasteiger partial charge is 0.258 e. The Kier molecular flexibility index (Phi) is 7.72. The van der Waals surface area contributed by atoms with Gasteiger partial charge in [-0.1, -0.05) is 12.1 Å². The molecule has 1 aromatic rings. The van der Waals surface area contributed by atoms with Crippen LogP contribution >= 0.6 is 12.4 Å². The lowest BCUT2D eigenvalue weighted by molar-refractivity contribution is -0.125. The van der Waals surface area contributed by atoms with Crippen LogP contribution in [0.2, 0.25) is 0 Å². The first-order valence-corrected chi connectivity index (χ1v) is 9.14. The van der Waals surface area contributed by atoms with Gasteiger partial charge in [0.05, 0.1) is 0 Å². The predicted octanol–water partition coefficient (Wildman–Crippen LogP) is 1.55. The molecular weight excluding hydrogens is 354 g/mol. The van der Waals surface area contributed by atoms with E-state index in [1.165, 1.54) is 0 Å². The van der Waals surface area contributed by atoms with E-state index in [-0.39, 0.29) is 42.8 Å². The van der Waals surface area contributed by atoms with Crippen LogP contribution in [0.1, 0.15) is 37.7 Å². The molecule has 1 aromatic carbocycles. The second kappa shape index (κ2) is 9.78. The second-order valence-corrected chi connectivity index (χ2v) is 7.09. The average molecular weight is 382 g/mol.